The summed E-state index contributed by atoms with van der Waals surface area (Å²) in [6, 6.07) is 9.39. The molecular formula is C17H21FO. The van der Waals surface area contributed by atoms with E-state index in [0.29, 0.717) is 12.4 Å². The summed E-state index contributed by atoms with van der Waals surface area (Å²) in [5, 5.41) is 1.95. The van der Waals surface area contributed by atoms with Crippen molar-refractivity contribution in [1.82, 2.24) is 0 Å². The van der Waals surface area contributed by atoms with Gasteiger partial charge in [-0.25, -0.2) is 4.39 Å². The topological polar surface area (TPSA) is 9.23 Å². The lowest BCUT2D eigenvalue weighted by Gasteiger charge is -2.09. The van der Waals surface area contributed by atoms with E-state index in [9.17, 15) is 4.39 Å². The first kappa shape index (κ1) is 13.9. The van der Waals surface area contributed by atoms with Gasteiger partial charge in [0.05, 0.1) is 6.61 Å². The second-order valence-corrected chi connectivity index (χ2v) is 5.04. The molecule has 1 nitrogen and oxygen atoms in total. The Morgan fingerprint density at radius 2 is 1.84 bits per heavy atom. The smallest absolute Gasteiger partial charge is 0.165 e. The van der Waals surface area contributed by atoms with Crippen molar-refractivity contribution >= 4 is 10.8 Å². The summed E-state index contributed by atoms with van der Waals surface area (Å²) in [4.78, 5) is 0. The van der Waals surface area contributed by atoms with Crippen LogP contribution in [-0.4, -0.2) is 6.61 Å². The molecule has 0 radical (unpaired) electrons. The van der Waals surface area contributed by atoms with Crippen LogP contribution in [0.4, 0.5) is 4.39 Å². The van der Waals surface area contributed by atoms with Gasteiger partial charge in [0.2, 0.25) is 0 Å². The minimum atomic E-state index is -0.270. The number of rotatable bonds is 6. The molecule has 0 atom stereocenters. The molecule has 0 aliphatic carbocycles. The monoisotopic (exact) mass is 260 g/mol. The van der Waals surface area contributed by atoms with E-state index in [2.05, 4.69) is 6.92 Å². The molecule has 0 aromatic heterocycles. The van der Waals surface area contributed by atoms with E-state index in [4.69, 9.17) is 4.74 Å². The van der Waals surface area contributed by atoms with Gasteiger partial charge in [-0.05, 0) is 36.2 Å². The van der Waals surface area contributed by atoms with Gasteiger partial charge in [0.1, 0.15) is 0 Å². The van der Waals surface area contributed by atoms with Gasteiger partial charge in [-0.15, -0.1) is 0 Å². The molecule has 2 rings (SSSR count). The predicted octanol–water partition coefficient (Wildman–Crippen LogP) is 5.25. The van der Waals surface area contributed by atoms with E-state index in [1.54, 1.807) is 12.1 Å². The summed E-state index contributed by atoms with van der Waals surface area (Å²) >= 11 is 0. The average molecular weight is 260 g/mol. The maximum Gasteiger partial charge on any atom is 0.165 e. The molecule has 102 valence electrons. The van der Waals surface area contributed by atoms with Crippen molar-refractivity contribution in [3.63, 3.8) is 0 Å². The Hall–Kier alpha value is -1.57. The molecule has 19 heavy (non-hydrogen) atoms. The average Bonchev–Trinajstić information content (AvgIpc) is 2.39. The Labute approximate surface area is 114 Å². The van der Waals surface area contributed by atoms with Crippen LogP contribution >= 0.6 is 0 Å². The molecule has 2 aromatic carbocycles. The van der Waals surface area contributed by atoms with Crippen molar-refractivity contribution in [2.24, 2.45) is 0 Å². The van der Waals surface area contributed by atoms with E-state index >= 15 is 0 Å². The highest BCUT2D eigenvalue weighted by Gasteiger charge is 2.06. The van der Waals surface area contributed by atoms with Crippen molar-refractivity contribution in [1.29, 1.82) is 0 Å². The number of halogens is 1. The van der Waals surface area contributed by atoms with Crippen LogP contribution in [0.5, 0.6) is 5.75 Å². The van der Waals surface area contributed by atoms with Gasteiger partial charge in [0.25, 0.3) is 0 Å². The summed E-state index contributed by atoms with van der Waals surface area (Å²) in [6.07, 6.45) is 4.54. The molecule has 2 aromatic rings. The molecular weight excluding hydrogens is 239 g/mol. The van der Waals surface area contributed by atoms with Crippen LogP contribution in [0.3, 0.4) is 0 Å². The largest absolute Gasteiger partial charge is 0.490 e. The van der Waals surface area contributed by atoms with E-state index in [0.717, 1.165) is 29.2 Å². The van der Waals surface area contributed by atoms with Crippen molar-refractivity contribution in [3.8, 4) is 5.75 Å². The minimum Gasteiger partial charge on any atom is -0.490 e. The Morgan fingerprint density at radius 1 is 1.00 bits per heavy atom. The normalized spacial score (nSPS) is 10.9. The molecule has 0 spiro atoms. The van der Waals surface area contributed by atoms with Gasteiger partial charge in [0, 0.05) is 0 Å². The molecule has 0 N–H and O–H groups in total. The predicted molar refractivity (Wildman–Crippen MR) is 78.3 cm³/mol. The van der Waals surface area contributed by atoms with Gasteiger partial charge in [-0.2, -0.15) is 0 Å². The van der Waals surface area contributed by atoms with Gasteiger partial charge in [-0.3, -0.25) is 0 Å². The third-order valence-corrected chi connectivity index (χ3v) is 3.30. The van der Waals surface area contributed by atoms with Crippen molar-refractivity contribution in [2.45, 2.75) is 39.5 Å². The molecule has 0 unspecified atom stereocenters. The van der Waals surface area contributed by atoms with E-state index in [1.165, 1.54) is 12.8 Å². The lowest BCUT2D eigenvalue weighted by atomic mass is 10.1. The molecule has 0 saturated heterocycles. The molecule has 0 aliphatic rings. The zero-order valence-corrected chi connectivity index (χ0v) is 11.7. The summed E-state index contributed by atoms with van der Waals surface area (Å²) in [7, 11) is 0. The molecule has 0 aliphatic heterocycles. The van der Waals surface area contributed by atoms with Gasteiger partial charge >= 0.3 is 0 Å². The fraction of sp³-hybridized carbons (Fsp3) is 0.412. The second-order valence-electron chi connectivity index (χ2n) is 5.04. The second kappa shape index (κ2) is 6.55. The van der Waals surface area contributed by atoms with E-state index in [-0.39, 0.29) is 5.82 Å². The highest BCUT2D eigenvalue weighted by atomic mass is 19.1. The quantitative estimate of drug-likeness (QED) is 0.645. The summed E-state index contributed by atoms with van der Waals surface area (Å²) in [6.45, 7) is 4.77. The van der Waals surface area contributed by atoms with E-state index < -0.39 is 0 Å². The maximum absolute atomic E-state index is 13.9. The SMILES string of the molecule is CCCCCCOc1cc2ccc(C)cc2cc1F. The summed E-state index contributed by atoms with van der Waals surface area (Å²) < 4.78 is 19.4. The van der Waals surface area contributed by atoms with Crippen LogP contribution in [0, 0.1) is 12.7 Å². The van der Waals surface area contributed by atoms with Gasteiger partial charge in [0.15, 0.2) is 11.6 Å². The number of hydrogen-bond donors (Lipinski definition) is 0. The number of aryl methyl sites for hydroxylation is 1. The highest BCUT2D eigenvalue weighted by Crippen LogP contribution is 2.25. The molecule has 0 fully saturated rings. The fourth-order valence-electron chi connectivity index (χ4n) is 2.19. The third-order valence-electron chi connectivity index (χ3n) is 3.30. The Balaban J connectivity index is 2.06. The Bertz CT molecular complexity index is 548. The van der Waals surface area contributed by atoms with Gasteiger partial charge < -0.3 is 4.74 Å². The maximum atomic E-state index is 13.9. The third kappa shape index (κ3) is 3.69. The molecule has 0 amide bonds. The first-order chi connectivity index (χ1) is 9.20. The molecule has 2 heteroatoms. The minimum absolute atomic E-state index is 0.270. The van der Waals surface area contributed by atoms with Gasteiger partial charge in [-0.1, -0.05) is 49.9 Å². The van der Waals surface area contributed by atoms with Crippen molar-refractivity contribution < 1.29 is 9.13 Å². The van der Waals surface area contributed by atoms with Crippen LogP contribution in [0.1, 0.15) is 38.2 Å². The summed E-state index contributed by atoms with van der Waals surface area (Å²) in [5.41, 5.74) is 1.14. The van der Waals surface area contributed by atoms with E-state index in [1.807, 2.05) is 25.1 Å². The lowest BCUT2D eigenvalue weighted by molar-refractivity contribution is 0.291. The van der Waals surface area contributed by atoms with Crippen LogP contribution in [0.25, 0.3) is 10.8 Å². The Kier molecular flexibility index (Phi) is 4.78. The standard InChI is InChI=1S/C17H21FO/c1-3-4-5-6-9-19-17-12-14-8-7-13(2)10-15(14)11-16(17)18/h7-8,10-12H,3-6,9H2,1-2H3. The van der Waals surface area contributed by atoms with Crippen LogP contribution in [0.15, 0.2) is 30.3 Å². The Morgan fingerprint density at radius 3 is 2.63 bits per heavy atom. The van der Waals surface area contributed by atoms with Crippen LogP contribution < -0.4 is 4.74 Å². The number of hydrogen-bond acceptors (Lipinski definition) is 1. The highest BCUT2D eigenvalue weighted by molar-refractivity contribution is 5.84. The molecule has 0 bridgehead atoms. The summed E-state index contributed by atoms with van der Waals surface area (Å²) in [5.74, 6) is 0.0986. The number of unbranched alkanes of at least 4 members (excludes halogenated alkanes) is 3. The molecule has 0 saturated carbocycles. The van der Waals surface area contributed by atoms with Crippen LogP contribution in [0.2, 0.25) is 0 Å². The van der Waals surface area contributed by atoms with Crippen molar-refractivity contribution in [2.75, 3.05) is 6.61 Å². The van der Waals surface area contributed by atoms with Crippen molar-refractivity contribution in [3.05, 3.63) is 41.7 Å². The number of fused-ring (bicyclic) bond motifs is 1. The zero-order chi connectivity index (χ0) is 13.7. The number of ether oxygens (including phenoxy) is 1. The number of benzene rings is 2. The zero-order valence-electron chi connectivity index (χ0n) is 11.7. The molecule has 0 heterocycles. The first-order valence-corrected chi connectivity index (χ1v) is 7.03. The fourth-order valence-corrected chi connectivity index (χ4v) is 2.19. The first-order valence-electron chi connectivity index (χ1n) is 7.03. The van der Waals surface area contributed by atoms with Crippen LogP contribution in [-0.2, 0) is 0 Å². The lowest BCUT2D eigenvalue weighted by Crippen LogP contribution is -1.99.